The molecule has 0 bridgehead atoms. The summed E-state index contributed by atoms with van der Waals surface area (Å²) in [5.74, 6) is 0. The van der Waals surface area contributed by atoms with Crippen LogP contribution in [0.2, 0.25) is 5.02 Å². The standard InChI is InChI=1S/C10H12ClNO/c1-10(13)5-7-2-3-8(11)4-9(7)12-6-10/h2-4,12-13H,5-6H2,1H3. The molecular formula is C10H12ClNO. The normalized spacial score (nSPS) is 26.4. The van der Waals surface area contributed by atoms with Crippen molar-refractivity contribution in [3.05, 3.63) is 28.8 Å². The van der Waals surface area contributed by atoms with Crippen molar-refractivity contribution >= 4 is 17.3 Å². The average Bonchev–Trinajstić information content (AvgIpc) is 2.05. The van der Waals surface area contributed by atoms with E-state index in [4.69, 9.17) is 11.6 Å². The Morgan fingerprint density at radius 2 is 2.31 bits per heavy atom. The molecule has 0 radical (unpaired) electrons. The molecule has 1 aromatic rings. The Balaban J connectivity index is 2.37. The van der Waals surface area contributed by atoms with E-state index in [0.717, 1.165) is 16.3 Å². The highest BCUT2D eigenvalue weighted by atomic mass is 35.5. The van der Waals surface area contributed by atoms with Gasteiger partial charge in [0.25, 0.3) is 0 Å². The van der Waals surface area contributed by atoms with Crippen LogP contribution < -0.4 is 5.32 Å². The van der Waals surface area contributed by atoms with Gasteiger partial charge in [-0.3, -0.25) is 0 Å². The third-order valence-electron chi connectivity index (χ3n) is 2.30. The molecule has 1 aliphatic rings. The number of aliphatic hydroxyl groups is 1. The minimum Gasteiger partial charge on any atom is -0.388 e. The van der Waals surface area contributed by atoms with Gasteiger partial charge in [0.1, 0.15) is 0 Å². The number of benzene rings is 1. The number of β-amino-alcohol motifs (C(OH)–C–C–N with tert-alkyl or cyclic N) is 1. The fourth-order valence-corrected chi connectivity index (χ4v) is 1.80. The van der Waals surface area contributed by atoms with E-state index >= 15 is 0 Å². The molecule has 3 heteroatoms. The van der Waals surface area contributed by atoms with Crippen LogP contribution in [0.15, 0.2) is 18.2 Å². The Labute approximate surface area is 82.5 Å². The molecule has 1 unspecified atom stereocenters. The highest BCUT2D eigenvalue weighted by Gasteiger charge is 2.26. The maximum atomic E-state index is 9.80. The molecule has 13 heavy (non-hydrogen) atoms. The molecule has 1 aliphatic heterocycles. The highest BCUT2D eigenvalue weighted by molar-refractivity contribution is 6.30. The maximum Gasteiger partial charge on any atom is 0.0832 e. The third-order valence-corrected chi connectivity index (χ3v) is 2.54. The monoisotopic (exact) mass is 197 g/mol. The Kier molecular flexibility index (Phi) is 1.97. The predicted octanol–water partition coefficient (Wildman–Crippen LogP) is 2.06. The van der Waals surface area contributed by atoms with E-state index < -0.39 is 5.60 Å². The molecule has 0 aromatic heterocycles. The van der Waals surface area contributed by atoms with E-state index in [1.165, 1.54) is 0 Å². The minimum absolute atomic E-state index is 0.584. The Bertz CT molecular complexity index is 336. The molecule has 0 saturated carbocycles. The van der Waals surface area contributed by atoms with Gasteiger partial charge in [-0.25, -0.2) is 0 Å². The van der Waals surface area contributed by atoms with Crippen molar-refractivity contribution in [2.24, 2.45) is 0 Å². The summed E-state index contributed by atoms with van der Waals surface area (Å²) in [7, 11) is 0. The summed E-state index contributed by atoms with van der Waals surface area (Å²) in [6.07, 6.45) is 0.687. The number of fused-ring (bicyclic) bond motifs is 1. The van der Waals surface area contributed by atoms with Crippen molar-refractivity contribution in [1.82, 2.24) is 0 Å². The van der Waals surface area contributed by atoms with Crippen molar-refractivity contribution < 1.29 is 5.11 Å². The number of hydrogen-bond donors (Lipinski definition) is 2. The van der Waals surface area contributed by atoms with E-state index in [-0.39, 0.29) is 0 Å². The van der Waals surface area contributed by atoms with Gasteiger partial charge < -0.3 is 10.4 Å². The average molecular weight is 198 g/mol. The number of anilines is 1. The van der Waals surface area contributed by atoms with Crippen molar-refractivity contribution in [2.45, 2.75) is 18.9 Å². The number of hydrogen-bond acceptors (Lipinski definition) is 2. The molecule has 1 heterocycles. The molecule has 2 rings (SSSR count). The van der Waals surface area contributed by atoms with E-state index in [1.807, 2.05) is 25.1 Å². The predicted molar refractivity (Wildman–Crippen MR) is 54.3 cm³/mol. The largest absolute Gasteiger partial charge is 0.388 e. The summed E-state index contributed by atoms with van der Waals surface area (Å²) in [4.78, 5) is 0. The molecule has 1 aromatic carbocycles. The summed E-state index contributed by atoms with van der Waals surface area (Å²) in [5.41, 5.74) is 1.53. The van der Waals surface area contributed by atoms with Gasteiger partial charge in [-0.05, 0) is 24.6 Å². The fraction of sp³-hybridized carbons (Fsp3) is 0.400. The number of nitrogens with one attached hydrogen (secondary N) is 1. The van der Waals surface area contributed by atoms with E-state index in [9.17, 15) is 5.11 Å². The first-order chi connectivity index (χ1) is 6.07. The highest BCUT2D eigenvalue weighted by Crippen LogP contribution is 2.29. The molecule has 2 nitrogen and oxygen atoms in total. The molecule has 0 saturated heterocycles. The van der Waals surface area contributed by atoms with Gasteiger partial charge in [0.2, 0.25) is 0 Å². The van der Waals surface area contributed by atoms with Gasteiger partial charge in [-0.2, -0.15) is 0 Å². The Morgan fingerprint density at radius 1 is 1.54 bits per heavy atom. The maximum absolute atomic E-state index is 9.80. The van der Waals surface area contributed by atoms with E-state index in [1.54, 1.807) is 0 Å². The van der Waals surface area contributed by atoms with Gasteiger partial charge >= 0.3 is 0 Å². The van der Waals surface area contributed by atoms with Crippen molar-refractivity contribution in [3.8, 4) is 0 Å². The van der Waals surface area contributed by atoms with Gasteiger partial charge in [-0.1, -0.05) is 17.7 Å². The van der Waals surface area contributed by atoms with Crippen LogP contribution in [0.1, 0.15) is 12.5 Å². The zero-order chi connectivity index (χ0) is 9.47. The molecule has 2 N–H and O–H groups in total. The summed E-state index contributed by atoms with van der Waals surface area (Å²) < 4.78 is 0. The molecule has 0 aliphatic carbocycles. The van der Waals surface area contributed by atoms with Crippen LogP contribution in [0.3, 0.4) is 0 Å². The summed E-state index contributed by atoms with van der Waals surface area (Å²) >= 11 is 5.85. The van der Waals surface area contributed by atoms with Crippen LogP contribution in [-0.2, 0) is 6.42 Å². The van der Waals surface area contributed by atoms with Gasteiger partial charge in [0.15, 0.2) is 0 Å². The first-order valence-electron chi connectivity index (χ1n) is 4.31. The fourth-order valence-electron chi connectivity index (χ4n) is 1.63. The molecule has 70 valence electrons. The lowest BCUT2D eigenvalue weighted by Gasteiger charge is -2.31. The van der Waals surface area contributed by atoms with Crippen LogP contribution in [0.5, 0.6) is 0 Å². The van der Waals surface area contributed by atoms with Crippen molar-refractivity contribution in [3.63, 3.8) is 0 Å². The van der Waals surface area contributed by atoms with Crippen LogP contribution in [0.25, 0.3) is 0 Å². The summed E-state index contributed by atoms with van der Waals surface area (Å²) in [5, 5.41) is 13.7. The Hall–Kier alpha value is -0.730. The minimum atomic E-state index is -0.638. The molecule has 1 atom stereocenters. The topological polar surface area (TPSA) is 32.3 Å². The van der Waals surface area contributed by atoms with Crippen molar-refractivity contribution in [1.29, 1.82) is 0 Å². The second kappa shape index (κ2) is 2.89. The zero-order valence-electron chi connectivity index (χ0n) is 7.47. The number of rotatable bonds is 0. The number of halogens is 1. The van der Waals surface area contributed by atoms with Gasteiger partial charge in [0.05, 0.1) is 5.60 Å². The Morgan fingerprint density at radius 3 is 3.08 bits per heavy atom. The second-order valence-corrected chi connectivity index (χ2v) is 4.27. The molecular weight excluding hydrogens is 186 g/mol. The second-order valence-electron chi connectivity index (χ2n) is 3.83. The summed E-state index contributed by atoms with van der Waals surface area (Å²) in [6, 6.07) is 5.70. The van der Waals surface area contributed by atoms with Gasteiger partial charge in [-0.15, -0.1) is 0 Å². The molecule has 0 spiro atoms. The lowest BCUT2D eigenvalue weighted by atomic mass is 9.92. The van der Waals surface area contributed by atoms with Crippen LogP contribution in [0.4, 0.5) is 5.69 Å². The van der Waals surface area contributed by atoms with E-state index in [2.05, 4.69) is 5.32 Å². The zero-order valence-corrected chi connectivity index (χ0v) is 8.23. The first-order valence-corrected chi connectivity index (χ1v) is 4.69. The van der Waals surface area contributed by atoms with Crippen LogP contribution in [0, 0.1) is 0 Å². The van der Waals surface area contributed by atoms with Crippen LogP contribution in [-0.4, -0.2) is 17.3 Å². The smallest absolute Gasteiger partial charge is 0.0832 e. The van der Waals surface area contributed by atoms with Crippen LogP contribution >= 0.6 is 11.6 Å². The summed E-state index contributed by atoms with van der Waals surface area (Å²) in [6.45, 7) is 2.41. The molecule has 0 amide bonds. The lowest BCUT2D eigenvalue weighted by Crippen LogP contribution is -2.39. The van der Waals surface area contributed by atoms with E-state index in [0.29, 0.717) is 13.0 Å². The molecule has 0 fully saturated rings. The lowest BCUT2D eigenvalue weighted by molar-refractivity contribution is 0.0710. The van der Waals surface area contributed by atoms with Crippen molar-refractivity contribution in [2.75, 3.05) is 11.9 Å². The first kappa shape index (κ1) is 8.85. The third kappa shape index (κ3) is 1.79. The quantitative estimate of drug-likeness (QED) is 0.668. The van der Waals surface area contributed by atoms with Gasteiger partial charge in [0, 0.05) is 23.7 Å². The SMILES string of the molecule is CC1(O)CNc2cc(Cl)ccc2C1.